The molecule has 92 valence electrons. The van der Waals surface area contributed by atoms with E-state index in [1.807, 2.05) is 11.6 Å². The number of anilines is 1. The molecule has 1 aliphatic rings. The van der Waals surface area contributed by atoms with Gasteiger partial charge in [0.1, 0.15) is 20.3 Å². The second-order valence-electron chi connectivity index (χ2n) is 4.54. The zero-order chi connectivity index (χ0) is 12.8. The van der Waals surface area contributed by atoms with Crippen LogP contribution in [0.25, 0.3) is 0 Å². The highest BCUT2D eigenvalue weighted by atomic mass is 14.9. The molecule has 1 aromatic carbocycles. The monoisotopic (exact) mass is 231 g/mol. The Morgan fingerprint density at radius 2 is 1.88 bits per heavy atom. The zero-order valence-electron chi connectivity index (χ0n) is 11.4. The van der Waals surface area contributed by atoms with Crippen molar-refractivity contribution in [3.05, 3.63) is 41.1 Å². The molecule has 0 aliphatic carbocycles. The number of hydrogen-bond acceptors (Lipinski definition) is 1. The average molecular weight is 231 g/mol. The average Bonchev–Trinajstić information content (AvgIpc) is 2.31. The van der Waals surface area contributed by atoms with Crippen LogP contribution in [0.5, 0.6) is 0 Å². The van der Waals surface area contributed by atoms with E-state index in [4.69, 9.17) is 0 Å². The molecule has 1 aliphatic heterocycles. The van der Waals surface area contributed by atoms with Crippen molar-refractivity contribution < 1.29 is 4.58 Å². The van der Waals surface area contributed by atoms with E-state index in [9.17, 15) is 0 Å². The van der Waals surface area contributed by atoms with Crippen LogP contribution in [0.1, 0.15) is 26.3 Å². The number of nitrogens with one attached hydrogen (secondary N) is 1. The third-order valence-electron chi connectivity index (χ3n) is 2.98. The molecule has 1 N–H and O–H groups in total. The molecule has 0 aromatic heterocycles. The van der Waals surface area contributed by atoms with E-state index in [0.29, 0.717) is 0 Å². The van der Waals surface area contributed by atoms with Crippen LogP contribution < -0.4 is 5.32 Å². The number of para-hydroxylation sites is 1. The third-order valence-corrected chi connectivity index (χ3v) is 2.98. The molecule has 0 saturated carbocycles. The van der Waals surface area contributed by atoms with Crippen molar-refractivity contribution in [1.29, 1.82) is 0 Å². The molecule has 0 bridgehead atoms. The van der Waals surface area contributed by atoms with Crippen molar-refractivity contribution in [3.8, 4) is 0 Å². The van der Waals surface area contributed by atoms with Gasteiger partial charge in [-0.1, -0.05) is 18.2 Å². The smallest absolute Gasteiger partial charge is 0.139 e. The summed E-state index contributed by atoms with van der Waals surface area (Å²) in [6.07, 6.45) is 1.09. The van der Waals surface area contributed by atoms with Crippen molar-refractivity contribution in [2.75, 3.05) is 18.9 Å². The molecule has 2 rings (SSSR count). The molecule has 17 heavy (non-hydrogen) atoms. The Hall–Kier alpha value is -1.57. The van der Waals surface area contributed by atoms with Crippen LogP contribution in [0.2, 0.25) is 0 Å². The van der Waals surface area contributed by atoms with E-state index < -0.39 is 0 Å². The van der Waals surface area contributed by atoms with Gasteiger partial charge in [-0.3, -0.25) is 0 Å². The minimum Gasteiger partial charge on any atom is -0.359 e. The maximum absolute atomic E-state index is 3.59. The summed E-state index contributed by atoms with van der Waals surface area (Å²) in [6.45, 7) is 11.0. The van der Waals surface area contributed by atoms with E-state index in [-0.39, 0.29) is 0 Å². The molecule has 0 radical (unpaired) electrons. The Morgan fingerprint density at radius 3 is 2.47 bits per heavy atom. The molecule has 0 spiro atoms. The maximum Gasteiger partial charge on any atom is 0.139 e. The number of hydrogen-bond donors (Lipinski definition) is 1. The van der Waals surface area contributed by atoms with E-state index in [1.165, 1.54) is 22.5 Å². The highest BCUT2D eigenvalue weighted by molar-refractivity contribution is 5.59. The Labute approximate surface area is 105 Å². The third kappa shape index (κ3) is 4.06. The number of fused-ring (bicyclic) bond motifs is 1. The van der Waals surface area contributed by atoms with Gasteiger partial charge in [0.15, 0.2) is 0 Å². The molecular weight excluding hydrogens is 208 g/mol. The summed E-state index contributed by atoms with van der Waals surface area (Å²) in [5.74, 6) is 0. The Morgan fingerprint density at radius 1 is 1.29 bits per heavy atom. The van der Waals surface area contributed by atoms with Gasteiger partial charge in [-0.15, -0.1) is 0 Å². The number of rotatable bonds is 1. The summed E-state index contributed by atoms with van der Waals surface area (Å²) in [4.78, 5) is 0. The first-order valence-corrected chi connectivity index (χ1v) is 6.07. The zero-order valence-corrected chi connectivity index (χ0v) is 11.4. The van der Waals surface area contributed by atoms with Gasteiger partial charge in [0.05, 0.1) is 0 Å². The fourth-order valence-corrected chi connectivity index (χ4v) is 1.52. The topological polar surface area (TPSA) is 15.0 Å². The minimum absolute atomic E-state index is 1.03. The van der Waals surface area contributed by atoms with Gasteiger partial charge < -0.3 is 5.32 Å². The summed E-state index contributed by atoms with van der Waals surface area (Å²) < 4.78 is 1.88. The lowest BCUT2D eigenvalue weighted by Crippen LogP contribution is -2.08. The first kappa shape index (κ1) is 13.5. The van der Waals surface area contributed by atoms with Crippen LogP contribution in [0.4, 0.5) is 5.69 Å². The molecule has 1 aromatic rings. The summed E-state index contributed by atoms with van der Waals surface area (Å²) in [6, 6.07) is 8.47. The molecule has 0 fully saturated rings. The van der Waals surface area contributed by atoms with Gasteiger partial charge in [-0.25, -0.2) is 4.58 Å². The second-order valence-corrected chi connectivity index (χ2v) is 4.54. The molecule has 0 amide bonds. The van der Waals surface area contributed by atoms with Gasteiger partial charge in [-0.05, 0) is 44.4 Å². The second kappa shape index (κ2) is 6.24. The largest absolute Gasteiger partial charge is 0.359 e. The maximum atomic E-state index is 3.59. The number of allylic oxidation sites excluding steroid dienone is 2. The lowest BCUT2D eigenvalue weighted by Gasteiger charge is -2.20. The minimum atomic E-state index is 1.03. The molecule has 0 unspecified atom stereocenters. The SMILES string of the molecule is C=[N+](C)CC.CC1=C(C)Nc2ccccc2C1. The summed E-state index contributed by atoms with van der Waals surface area (Å²) in [7, 11) is 1.94. The molecule has 1 heterocycles. The van der Waals surface area contributed by atoms with Crippen LogP contribution in [0, 0.1) is 0 Å². The highest BCUT2D eigenvalue weighted by Gasteiger charge is 2.09. The van der Waals surface area contributed by atoms with Gasteiger partial charge in [0.2, 0.25) is 0 Å². The summed E-state index contributed by atoms with van der Waals surface area (Å²) >= 11 is 0. The van der Waals surface area contributed by atoms with Gasteiger partial charge in [0, 0.05) is 11.4 Å². The normalized spacial score (nSPS) is 13.2. The fourth-order valence-electron chi connectivity index (χ4n) is 1.52. The van der Waals surface area contributed by atoms with E-state index >= 15 is 0 Å². The summed E-state index contributed by atoms with van der Waals surface area (Å²) in [5.41, 5.74) is 5.41. The van der Waals surface area contributed by atoms with Crippen molar-refractivity contribution in [3.63, 3.8) is 0 Å². The van der Waals surface area contributed by atoms with Crippen LogP contribution in [0.3, 0.4) is 0 Å². The van der Waals surface area contributed by atoms with E-state index in [0.717, 1.165) is 13.0 Å². The van der Waals surface area contributed by atoms with E-state index in [1.54, 1.807) is 0 Å². The predicted octanol–water partition coefficient (Wildman–Crippen LogP) is 3.30. The van der Waals surface area contributed by atoms with Crippen LogP contribution in [-0.2, 0) is 6.42 Å². The van der Waals surface area contributed by atoms with Gasteiger partial charge in [0.25, 0.3) is 0 Å². The number of benzene rings is 1. The standard InChI is InChI=1S/C11H13N.C4H10N/c1-8-7-10-5-3-4-6-11(10)12-9(8)2;1-4-5(2)3/h3-6,12H,7H2,1-2H3;2,4H2,1,3H3/q;+1. The Bertz CT molecular complexity index is 397. The molecule has 2 nitrogen and oxygen atoms in total. The van der Waals surface area contributed by atoms with Crippen LogP contribution in [0.15, 0.2) is 35.5 Å². The first-order chi connectivity index (χ1) is 8.04. The van der Waals surface area contributed by atoms with Crippen molar-refractivity contribution in [1.82, 2.24) is 0 Å². The van der Waals surface area contributed by atoms with Gasteiger partial charge in [-0.2, -0.15) is 0 Å². The van der Waals surface area contributed by atoms with Crippen molar-refractivity contribution >= 4 is 12.4 Å². The van der Waals surface area contributed by atoms with Gasteiger partial charge >= 0.3 is 0 Å². The molecule has 2 heteroatoms. The molecule has 0 saturated heterocycles. The van der Waals surface area contributed by atoms with Crippen LogP contribution >= 0.6 is 0 Å². The van der Waals surface area contributed by atoms with Crippen LogP contribution in [-0.4, -0.2) is 24.9 Å². The highest BCUT2D eigenvalue weighted by Crippen LogP contribution is 2.26. The number of nitrogens with zero attached hydrogens (tertiary/aromatic N) is 1. The molecular formula is C15H23N2+. The lowest BCUT2D eigenvalue weighted by molar-refractivity contribution is -0.484. The quantitative estimate of drug-likeness (QED) is 0.579. The lowest BCUT2D eigenvalue weighted by atomic mass is 9.99. The predicted molar refractivity (Wildman–Crippen MR) is 76.0 cm³/mol. The fraction of sp³-hybridized carbons (Fsp3) is 0.400. The van der Waals surface area contributed by atoms with Crippen molar-refractivity contribution in [2.24, 2.45) is 0 Å². The molecule has 0 atom stereocenters. The Kier molecular flexibility index (Phi) is 4.95. The first-order valence-electron chi connectivity index (χ1n) is 6.07. The van der Waals surface area contributed by atoms with E-state index in [2.05, 4.69) is 57.1 Å². The van der Waals surface area contributed by atoms with Crippen molar-refractivity contribution in [2.45, 2.75) is 27.2 Å². The summed E-state index contributed by atoms with van der Waals surface area (Å²) in [5, 5.41) is 3.39. The Balaban J connectivity index is 0.000000249.